The molecule has 5 rings (SSSR count). The Morgan fingerprint density at radius 1 is 1.29 bits per heavy atom. The number of carbonyl (C=O) groups excluding carboxylic acids is 2. The van der Waals surface area contributed by atoms with E-state index in [0.29, 0.717) is 29.8 Å². The van der Waals surface area contributed by atoms with Crippen LogP contribution in [0.25, 0.3) is 16.7 Å². The molecule has 3 aromatic heterocycles. The van der Waals surface area contributed by atoms with Gasteiger partial charge in [-0.25, -0.2) is 19.6 Å². The normalized spacial score (nSPS) is 15.8. The van der Waals surface area contributed by atoms with Gasteiger partial charge in [0.05, 0.1) is 17.8 Å². The third-order valence-electron chi connectivity index (χ3n) is 6.20. The lowest BCUT2D eigenvalue weighted by Crippen LogP contribution is -2.40. The lowest BCUT2D eigenvalue weighted by Gasteiger charge is -2.32. The van der Waals surface area contributed by atoms with E-state index in [-0.39, 0.29) is 23.5 Å². The van der Waals surface area contributed by atoms with Gasteiger partial charge in [-0.1, -0.05) is 6.58 Å². The summed E-state index contributed by atoms with van der Waals surface area (Å²) in [7, 11) is 0. The molecule has 4 aromatic rings. The van der Waals surface area contributed by atoms with Gasteiger partial charge >= 0.3 is 0 Å². The highest BCUT2D eigenvalue weighted by molar-refractivity contribution is 6.13. The van der Waals surface area contributed by atoms with Crippen molar-refractivity contribution in [3.63, 3.8) is 0 Å². The number of likely N-dealkylation sites (tertiary alicyclic amines) is 1. The molecule has 0 radical (unpaired) electrons. The summed E-state index contributed by atoms with van der Waals surface area (Å²) in [6, 6.07) is 5.46. The minimum absolute atomic E-state index is 0.132. The molecule has 1 aliphatic heterocycles. The second kappa shape index (κ2) is 9.01. The van der Waals surface area contributed by atoms with Crippen LogP contribution in [0, 0.1) is 6.92 Å². The van der Waals surface area contributed by atoms with Crippen LogP contribution in [0.4, 0.5) is 11.5 Å². The maximum Gasteiger partial charge on any atom is 0.277 e. The minimum atomic E-state index is -0.417. The van der Waals surface area contributed by atoms with Crippen molar-refractivity contribution in [1.82, 2.24) is 34.2 Å². The lowest BCUT2D eigenvalue weighted by molar-refractivity contribution is -0.127. The van der Waals surface area contributed by atoms with Crippen molar-refractivity contribution in [3.05, 3.63) is 67.2 Å². The first-order valence-electron chi connectivity index (χ1n) is 11.3. The predicted molar refractivity (Wildman–Crippen MR) is 131 cm³/mol. The van der Waals surface area contributed by atoms with E-state index in [1.807, 2.05) is 35.9 Å². The van der Waals surface area contributed by atoms with Crippen LogP contribution >= 0.6 is 0 Å². The quantitative estimate of drug-likeness (QED) is 0.427. The molecule has 0 spiro atoms. The van der Waals surface area contributed by atoms with Crippen LogP contribution in [0.5, 0.6) is 0 Å². The molecule has 1 aromatic carbocycles. The van der Waals surface area contributed by atoms with Crippen LogP contribution in [0.3, 0.4) is 0 Å². The summed E-state index contributed by atoms with van der Waals surface area (Å²) in [6.45, 7) is 6.64. The second-order valence-electron chi connectivity index (χ2n) is 8.46. The number of anilines is 2. The SMILES string of the molecule is C=CC(=O)N1CCC[C@@H](n2nc(C(=O)Nc3ccc(-n4ccnc4)c(C)c3)c3c(N)ncnc32)C1. The molecule has 1 aliphatic rings. The molecule has 11 nitrogen and oxygen atoms in total. The van der Waals surface area contributed by atoms with Crippen LogP contribution in [0.15, 0.2) is 55.9 Å². The van der Waals surface area contributed by atoms with Crippen molar-refractivity contribution >= 4 is 34.4 Å². The minimum Gasteiger partial charge on any atom is -0.383 e. The number of nitrogen functional groups attached to an aromatic ring is 1. The summed E-state index contributed by atoms with van der Waals surface area (Å²) >= 11 is 0. The molecule has 0 bridgehead atoms. The number of imidazole rings is 1. The average Bonchev–Trinajstić information content (AvgIpc) is 3.53. The topological polar surface area (TPSA) is 137 Å². The van der Waals surface area contributed by atoms with Crippen molar-refractivity contribution in [3.8, 4) is 5.69 Å². The number of nitrogens with one attached hydrogen (secondary N) is 1. The highest BCUT2D eigenvalue weighted by Crippen LogP contribution is 2.29. The van der Waals surface area contributed by atoms with Gasteiger partial charge in [0.2, 0.25) is 5.91 Å². The summed E-state index contributed by atoms with van der Waals surface area (Å²) in [5.41, 5.74) is 9.31. The maximum atomic E-state index is 13.3. The van der Waals surface area contributed by atoms with Gasteiger partial charge in [0.25, 0.3) is 5.91 Å². The molecule has 1 atom stereocenters. The van der Waals surface area contributed by atoms with Crippen LogP contribution < -0.4 is 11.1 Å². The van der Waals surface area contributed by atoms with Gasteiger partial charge in [-0.05, 0) is 49.6 Å². The predicted octanol–water partition coefficient (Wildman–Crippen LogP) is 2.50. The molecule has 11 heteroatoms. The molecule has 0 unspecified atom stereocenters. The summed E-state index contributed by atoms with van der Waals surface area (Å²) in [5, 5.41) is 7.92. The van der Waals surface area contributed by atoms with Gasteiger partial charge in [0, 0.05) is 36.9 Å². The molecule has 2 amide bonds. The maximum absolute atomic E-state index is 13.3. The third-order valence-corrected chi connectivity index (χ3v) is 6.20. The molecule has 35 heavy (non-hydrogen) atoms. The first-order valence-corrected chi connectivity index (χ1v) is 11.3. The molecule has 0 saturated carbocycles. The fraction of sp³-hybridized carbons (Fsp3) is 0.250. The van der Waals surface area contributed by atoms with E-state index < -0.39 is 5.91 Å². The highest BCUT2D eigenvalue weighted by Gasteiger charge is 2.29. The number of aromatic nitrogens is 6. The number of amides is 2. The zero-order chi connectivity index (χ0) is 24.5. The Labute approximate surface area is 201 Å². The van der Waals surface area contributed by atoms with Gasteiger partial charge < -0.3 is 20.5 Å². The largest absolute Gasteiger partial charge is 0.383 e. The summed E-state index contributed by atoms with van der Waals surface area (Å²) in [5.74, 6) is -0.375. The molecule has 1 fully saturated rings. The van der Waals surface area contributed by atoms with E-state index in [1.165, 1.54) is 12.4 Å². The molecular formula is C24H25N9O2. The number of carbonyl (C=O) groups is 2. The number of hydrogen-bond acceptors (Lipinski definition) is 7. The Bertz CT molecular complexity index is 1420. The van der Waals surface area contributed by atoms with Crippen molar-refractivity contribution in [1.29, 1.82) is 0 Å². The van der Waals surface area contributed by atoms with Crippen molar-refractivity contribution in [2.75, 3.05) is 24.1 Å². The molecular weight excluding hydrogens is 446 g/mol. The Kier molecular flexibility index (Phi) is 5.73. The van der Waals surface area contributed by atoms with E-state index in [9.17, 15) is 9.59 Å². The van der Waals surface area contributed by atoms with E-state index in [4.69, 9.17) is 5.73 Å². The molecule has 3 N–H and O–H groups in total. The van der Waals surface area contributed by atoms with E-state index in [0.717, 1.165) is 24.1 Å². The fourth-order valence-corrected chi connectivity index (χ4v) is 4.51. The average molecular weight is 472 g/mol. The first kappa shape index (κ1) is 22.3. The van der Waals surface area contributed by atoms with E-state index in [2.05, 4.69) is 31.9 Å². The Balaban J connectivity index is 1.47. The zero-order valence-corrected chi connectivity index (χ0v) is 19.3. The standard InChI is InChI=1S/C24H25N9O2/c1-3-19(34)31-9-4-5-17(12-31)33-23-20(22(25)27-13-28-23)21(30-33)24(35)29-16-6-7-18(15(2)11-16)32-10-8-26-14-32/h3,6-8,10-11,13-14,17H,1,4-5,9,12H2,2H3,(H,29,35)(H2,25,27,28)/t17-/m1/s1. The lowest BCUT2D eigenvalue weighted by atomic mass is 10.1. The van der Waals surface area contributed by atoms with Crippen LogP contribution in [-0.2, 0) is 4.79 Å². The highest BCUT2D eigenvalue weighted by atomic mass is 16.2. The Morgan fingerprint density at radius 3 is 2.89 bits per heavy atom. The van der Waals surface area contributed by atoms with Crippen LogP contribution in [0.2, 0.25) is 0 Å². The van der Waals surface area contributed by atoms with Gasteiger partial charge in [0.15, 0.2) is 11.3 Å². The molecule has 178 valence electrons. The van der Waals surface area contributed by atoms with Crippen molar-refractivity contribution < 1.29 is 9.59 Å². The second-order valence-corrected chi connectivity index (χ2v) is 8.46. The van der Waals surface area contributed by atoms with Gasteiger partial charge in [-0.2, -0.15) is 5.10 Å². The van der Waals surface area contributed by atoms with Crippen molar-refractivity contribution in [2.24, 2.45) is 0 Å². The summed E-state index contributed by atoms with van der Waals surface area (Å²) < 4.78 is 3.59. The Hall–Kier alpha value is -4.54. The zero-order valence-electron chi connectivity index (χ0n) is 19.3. The van der Waals surface area contributed by atoms with Gasteiger partial charge in [-0.3, -0.25) is 9.59 Å². The number of nitrogens with two attached hydrogens (primary N) is 1. The van der Waals surface area contributed by atoms with E-state index >= 15 is 0 Å². The Morgan fingerprint density at radius 2 is 2.14 bits per heavy atom. The number of piperidine rings is 1. The van der Waals surface area contributed by atoms with Gasteiger partial charge in [-0.15, -0.1) is 0 Å². The number of aryl methyl sites for hydroxylation is 1. The first-order chi connectivity index (χ1) is 17.0. The molecule has 1 saturated heterocycles. The van der Waals surface area contributed by atoms with Crippen LogP contribution in [-0.4, -0.2) is 59.1 Å². The third kappa shape index (κ3) is 4.12. The molecule has 4 heterocycles. The fourth-order valence-electron chi connectivity index (χ4n) is 4.51. The smallest absolute Gasteiger partial charge is 0.277 e. The number of rotatable bonds is 5. The van der Waals surface area contributed by atoms with Crippen molar-refractivity contribution in [2.45, 2.75) is 25.8 Å². The van der Waals surface area contributed by atoms with Crippen LogP contribution in [0.1, 0.15) is 34.9 Å². The monoisotopic (exact) mass is 471 g/mol. The molecule has 0 aliphatic carbocycles. The number of fused-ring (bicyclic) bond motifs is 1. The summed E-state index contributed by atoms with van der Waals surface area (Å²) in [6.07, 6.45) is 9.54. The van der Waals surface area contributed by atoms with Gasteiger partial charge in [0.1, 0.15) is 12.1 Å². The number of hydrogen-bond donors (Lipinski definition) is 2. The number of benzene rings is 1. The number of nitrogens with zero attached hydrogens (tertiary/aromatic N) is 7. The summed E-state index contributed by atoms with van der Waals surface area (Å²) in [4.78, 5) is 39.7. The van der Waals surface area contributed by atoms with E-state index in [1.54, 1.807) is 22.1 Å².